The van der Waals surface area contributed by atoms with Crippen LogP contribution in [0.2, 0.25) is 10.0 Å². The number of nitrogens with one attached hydrogen (secondary N) is 1. The molecular formula is C22H26Cl2N2O2. The molecule has 0 aliphatic rings. The van der Waals surface area contributed by atoms with Crippen LogP contribution in [0.25, 0.3) is 0 Å². The molecule has 0 aromatic heterocycles. The largest absolute Gasteiger partial charge is 0.354 e. The third-order valence-corrected chi connectivity index (χ3v) is 5.04. The number of unbranched alkanes of at least 4 members (excludes halogenated alkanes) is 1. The van der Waals surface area contributed by atoms with E-state index in [0.29, 0.717) is 23.1 Å². The summed E-state index contributed by atoms with van der Waals surface area (Å²) in [6.45, 7) is 4.78. The second-order valence-electron chi connectivity index (χ2n) is 6.77. The molecule has 1 atom stereocenters. The first-order chi connectivity index (χ1) is 13.4. The van der Waals surface area contributed by atoms with Crippen LogP contribution in [-0.4, -0.2) is 29.3 Å². The average Bonchev–Trinajstić information content (AvgIpc) is 2.68. The van der Waals surface area contributed by atoms with Gasteiger partial charge in [0.05, 0.1) is 6.42 Å². The van der Waals surface area contributed by atoms with Crippen molar-refractivity contribution >= 4 is 35.0 Å². The van der Waals surface area contributed by atoms with E-state index in [2.05, 4.69) is 12.2 Å². The minimum Gasteiger partial charge on any atom is -0.354 e. The second-order valence-corrected chi connectivity index (χ2v) is 7.64. The Kier molecular flexibility index (Phi) is 8.81. The van der Waals surface area contributed by atoms with Gasteiger partial charge < -0.3 is 10.2 Å². The molecule has 4 nitrogen and oxygen atoms in total. The Hall–Kier alpha value is -2.04. The summed E-state index contributed by atoms with van der Waals surface area (Å²) in [7, 11) is 0. The fraction of sp³-hybridized carbons (Fsp3) is 0.364. The predicted molar refractivity (Wildman–Crippen MR) is 115 cm³/mol. The molecule has 1 N–H and O–H groups in total. The average molecular weight is 421 g/mol. The summed E-state index contributed by atoms with van der Waals surface area (Å²) in [5, 5.41) is 4.17. The lowest BCUT2D eigenvalue weighted by Crippen LogP contribution is -2.48. The van der Waals surface area contributed by atoms with E-state index in [1.54, 1.807) is 36.1 Å². The highest BCUT2D eigenvalue weighted by Crippen LogP contribution is 2.16. The molecule has 0 aliphatic heterocycles. The summed E-state index contributed by atoms with van der Waals surface area (Å²) >= 11 is 11.9. The Morgan fingerprint density at radius 2 is 1.50 bits per heavy atom. The maximum Gasteiger partial charge on any atom is 0.242 e. The summed E-state index contributed by atoms with van der Waals surface area (Å²) in [5.41, 5.74) is 1.77. The molecule has 6 heteroatoms. The normalized spacial score (nSPS) is 11.7. The third-order valence-electron chi connectivity index (χ3n) is 4.53. The van der Waals surface area contributed by atoms with E-state index >= 15 is 0 Å². The highest BCUT2D eigenvalue weighted by molar-refractivity contribution is 6.30. The molecule has 0 heterocycles. The van der Waals surface area contributed by atoms with Crippen molar-refractivity contribution < 1.29 is 9.59 Å². The minimum atomic E-state index is -0.577. The highest BCUT2D eigenvalue weighted by atomic mass is 35.5. The van der Waals surface area contributed by atoms with Gasteiger partial charge >= 0.3 is 0 Å². The van der Waals surface area contributed by atoms with Gasteiger partial charge in [0.2, 0.25) is 11.8 Å². The van der Waals surface area contributed by atoms with Crippen LogP contribution < -0.4 is 5.32 Å². The topological polar surface area (TPSA) is 49.4 Å². The molecule has 2 amide bonds. The molecule has 0 fully saturated rings. The zero-order chi connectivity index (χ0) is 20.5. The van der Waals surface area contributed by atoms with Crippen LogP contribution in [-0.2, 0) is 22.6 Å². The Balaban J connectivity index is 2.15. The molecule has 2 rings (SSSR count). The van der Waals surface area contributed by atoms with E-state index in [0.717, 1.165) is 24.0 Å². The molecule has 150 valence electrons. The lowest BCUT2D eigenvalue weighted by Gasteiger charge is -2.29. The van der Waals surface area contributed by atoms with Gasteiger partial charge in [-0.1, -0.05) is 60.8 Å². The summed E-state index contributed by atoms with van der Waals surface area (Å²) in [6.07, 6.45) is 2.12. The van der Waals surface area contributed by atoms with Crippen molar-refractivity contribution in [2.45, 2.75) is 45.7 Å². The summed E-state index contributed by atoms with van der Waals surface area (Å²) in [6, 6.07) is 13.9. The molecule has 0 radical (unpaired) electrons. The standard InChI is InChI=1S/C22H26Cl2N2O2/c1-3-4-13-25-22(28)16(2)26(15-18-7-11-20(24)12-8-18)21(27)14-17-5-9-19(23)10-6-17/h5-12,16H,3-4,13-15H2,1-2H3,(H,25,28). The van der Waals surface area contributed by atoms with Crippen molar-refractivity contribution in [3.8, 4) is 0 Å². The Morgan fingerprint density at radius 3 is 2.04 bits per heavy atom. The van der Waals surface area contributed by atoms with Crippen molar-refractivity contribution in [3.05, 3.63) is 69.7 Å². The minimum absolute atomic E-state index is 0.115. The van der Waals surface area contributed by atoms with Crippen molar-refractivity contribution in [1.82, 2.24) is 10.2 Å². The lowest BCUT2D eigenvalue weighted by molar-refractivity contribution is -0.140. The first kappa shape index (κ1) is 22.3. The van der Waals surface area contributed by atoms with Gasteiger partial charge in [0.25, 0.3) is 0 Å². The van der Waals surface area contributed by atoms with Crippen molar-refractivity contribution in [2.24, 2.45) is 0 Å². The van der Waals surface area contributed by atoms with Crippen molar-refractivity contribution in [1.29, 1.82) is 0 Å². The number of carbonyl (C=O) groups excluding carboxylic acids is 2. The molecule has 0 bridgehead atoms. The van der Waals surface area contributed by atoms with Crippen LogP contribution in [0.1, 0.15) is 37.8 Å². The number of benzene rings is 2. The van der Waals surface area contributed by atoms with Gasteiger partial charge in [-0.3, -0.25) is 9.59 Å². The first-order valence-corrected chi connectivity index (χ1v) is 10.2. The van der Waals surface area contributed by atoms with Crippen LogP contribution in [0, 0.1) is 0 Å². The summed E-state index contributed by atoms with van der Waals surface area (Å²) < 4.78 is 0. The monoisotopic (exact) mass is 420 g/mol. The molecule has 0 saturated heterocycles. The van der Waals surface area contributed by atoms with Crippen LogP contribution in [0.15, 0.2) is 48.5 Å². The number of amides is 2. The van der Waals surface area contributed by atoms with E-state index in [1.165, 1.54) is 0 Å². The summed E-state index contributed by atoms with van der Waals surface area (Å²) in [5.74, 6) is -0.262. The fourth-order valence-corrected chi connectivity index (χ4v) is 3.04. The number of halogens is 2. The Labute approximate surface area is 176 Å². The van der Waals surface area contributed by atoms with Crippen LogP contribution in [0.5, 0.6) is 0 Å². The smallest absolute Gasteiger partial charge is 0.242 e. The molecule has 28 heavy (non-hydrogen) atoms. The molecule has 2 aromatic carbocycles. The number of hydrogen-bond donors (Lipinski definition) is 1. The SMILES string of the molecule is CCCCNC(=O)C(C)N(Cc1ccc(Cl)cc1)C(=O)Cc1ccc(Cl)cc1. The van der Waals surface area contributed by atoms with E-state index in [9.17, 15) is 9.59 Å². The van der Waals surface area contributed by atoms with Gasteiger partial charge in [0.1, 0.15) is 6.04 Å². The maximum absolute atomic E-state index is 13.0. The zero-order valence-corrected chi connectivity index (χ0v) is 17.8. The molecule has 0 aliphatic carbocycles. The molecule has 2 aromatic rings. The Morgan fingerprint density at radius 1 is 0.964 bits per heavy atom. The van der Waals surface area contributed by atoms with Gasteiger partial charge in [-0.05, 0) is 48.7 Å². The van der Waals surface area contributed by atoms with Crippen molar-refractivity contribution in [2.75, 3.05) is 6.54 Å². The van der Waals surface area contributed by atoms with E-state index in [-0.39, 0.29) is 18.2 Å². The first-order valence-electron chi connectivity index (χ1n) is 9.46. The van der Waals surface area contributed by atoms with Gasteiger partial charge in [0, 0.05) is 23.1 Å². The van der Waals surface area contributed by atoms with Gasteiger partial charge in [-0.25, -0.2) is 0 Å². The molecule has 0 saturated carbocycles. The van der Waals surface area contributed by atoms with Gasteiger partial charge in [-0.2, -0.15) is 0 Å². The third kappa shape index (κ3) is 6.84. The molecule has 0 spiro atoms. The summed E-state index contributed by atoms with van der Waals surface area (Å²) in [4.78, 5) is 27.2. The fourth-order valence-electron chi connectivity index (χ4n) is 2.78. The van der Waals surface area contributed by atoms with E-state index in [1.807, 2.05) is 24.3 Å². The van der Waals surface area contributed by atoms with E-state index in [4.69, 9.17) is 23.2 Å². The number of nitrogens with zero attached hydrogens (tertiary/aromatic N) is 1. The predicted octanol–water partition coefficient (Wildman–Crippen LogP) is 4.87. The zero-order valence-electron chi connectivity index (χ0n) is 16.3. The van der Waals surface area contributed by atoms with Crippen molar-refractivity contribution in [3.63, 3.8) is 0 Å². The van der Waals surface area contributed by atoms with Crippen LogP contribution in [0.4, 0.5) is 0 Å². The number of carbonyl (C=O) groups is 2. The second kappa shape index (κ2) is 11.1. The van der Waals surface area contributed by atoms with E-state index < -0.39 is 6.04 Å². The highest BCUT2D eigenvalue weighted by Gasteiger charge is 2.26. The quantitative estimate of drug-likeness (QED) is 0.588. The van der Waals surface area contributed by atoms with Gasteiger partial charge in [-0.15, -0.1) is 0 Å². The van der Waals surface area contributed by atoms with Crippen LogP contribution in [0.3, 0.4) is 0 Å². The lowest BCUT2D eigenvalue weighted by atomic mass is 10.1. The van der Waals surface area contributed by atoms with Gasteiger partial charge in [0.15, 0.2) is 0 Å². The van der Waals surface area contributed by atoms with Crippen LogP contribution >= 0.6 is 23.2 Å². The Bertz CT molecular complexity index is 776. The number of rotatable bonds is 9. The maximum atomic E-state index is 13.0. The molecule has 1 unspecified atom stereocenters. The molecular weight excluding hydrogens is 395 g/mol. The number of hydrogen-bond acceptors (Lipinski definition) is 2.